The number of ether oxygens (including phenoxy) is 1. The van der Waals surface area contributed by atoms with Crippen molar-refractivity contribution < 1.29 is 18.3 Å². The van der Waals surface area contributed by atoms with E-state index in [9.17, 15) is 13.6 Å². The first-order valence-electron chi connectivity index (χ1n) is 5.61. The van der Waals surface area contributed by atoms with Crippen molar-refractivity contribution in [2.24, 2.45) is 0 Å². The molecule has 7 heteroatoms. The molecule has 0 atom stereocenters. The summed E-state index contributed by atoms with van der Waals surface area (Å²) in [6, 6.07) is 7.78. The Labute approximate surface area is 126 Å². The number of para-hydroxylation sites is 1. The molecule has 1 aromatic heterocycles. The summed E-state index contributed by atoms with van der Waals surface area (Å²) in [7, 11) is 0. The van der Waals surface area contributed by atoms with Crippen LogP contribution in [0.2, 0.25) is 0 Å². The molecule has 0 aliphatic rings. The number of hydrogen-bond donors (Lipinski definition) is 1. The van der Waals surface area contributed by atoms with Crippen LogP contribution in [-0.2, 0) is 6.54 Å². The average Bonchev–Trinajstić information content (AvgIpc) is 2.82. The Kier molecular flexibility index (Phi) is 5.08. The molecule has 1 aromatic carbocycles. The van der Waals surface area contributed by atoms with Crippen LogP contribution in [0.1, 0.15) is 15.2 Å². The fourth-order valence-corrected chi connectivity index (χ4v) is 2.95. The number of rotatable bonds is 5. The number of thiophene rings is 1. The van der Waals surface area contributed by atoms with Gasteiger partial charge < -0.3 is 10.1 Å². The van der Waals surface area contributed by atoms with E-state index in [0.29, 0.717) is 6.54 Å². The van der Waals surface area contributed by atoms with Crippen molar-refractivity contribution in [3.63, 3.8) is 0 Å². The predicted molar refractivity (Wildman–Crippen MR) is 76.3 cm³/mol. The van der Waals surface area contributed by atoms with Crippen LogP contribution in [0.4, 0.5) is 8.78 Å². The molecule has 1 amide bonds. The van der Waals surface area contributed by atoms with Gasteiger partial charge in [0.05, 0.1) is 12.1 Å². The highest BCUT2D eigenvalue weighted by molar-refractivity contribution is 9.10. The molecule has 0 saturated heterocycles. The average molecular weight is 362 g/mol. The van der Waals surface area contributed by atoms with Gasteiger partial charge in [0.25, 0.3) is 5.91 Å². The molecule has 1 heterocycles. The number of carbonyl (C=O) groups excluding carboxylic acids is 1. The molecule has 20 heavy (non-hydrogen) atoms. The maximum atomic E-state index is 12.3. The number of alkyl halides is 2. The molecule has 2 rings (SSSR count). The normalized spacial score (nSPS) is 10.6. The largest absolute Gasteiger partial charge is 0.434 e. The molecular formula is C13H10BrF2NO2S. The number of halogens is 3. The molecule has 2 aromatic rings. The third-order valence-corrected chi connectivity index (χ3v) is 4.09. The lowest BCUT2D eigenvalue weighted by atomic mass is 10.2. The van der Waals surface area contributed by atoms with E-state index >= 15 is 0 Å². The molecule has 0 unspecified atom stereocenters. The van der Waals surface area contributed by atoms with Crippen molar-refractivity contribution >= 4 is 33.2 Å². The van der Waals surface area contributed by atoms with E-state index < -0.39 is 12.5 Å². The third kappa shape index (κ3) is 4.01. The summed E-state index contributed by atoms with van der Waals surface area (Å²) >= 11 is 4.81. The highest BCUT2D eigenvalue weighted by Crippen LogP contribution is 2.22. The van der Waals surface area contributed by atoms with E-state index in [1.54, 1.807) is 6.07 Å². The zero-order valence-electron chi connectivity index (χ0n) is 10.1. The Morgan fingerprint density at radius 2 is 2.15 bits per heavy atom. The topological polar surface area (TPSA) is 38.3 Å². The van der Waals surface area contributed by atoms with Gasteiger partial charge in [-0.25, -0.2) is 0 Å². The molecule has 0 spiro atoms. The Hall–Kier alpha value is -1.47. The van der Waals surface area contributed by atoms with E-state index in [1.165, 1.54) is 29.5 Å². The molecule has 0 aliphatic carbocycles. The van der Waals surface area contributed by atoms with Crippen molar-refractivity contribution in [1.29, 1.82) is 0 Å². The third-order valence-electron chi connectivity index (χ3n) is 2.39. The highest BCUT2D eigenvalue weighted by atomic mass is 79.9. The lowest BCUT2D eigenvalue weighted by Gasteiger charge is -2.10. The van der Waals surface area contributed by atoms with Gasteiger partial charge in [-0.2, -0.15) is 8.78 Å². The molecule has 0 fully saturated rings. The zero-order chi connectivity index (χ0) is 14.5. The lowest BCUT2D eigenvalue weighted by Crippen LogP contribution is -2.23. The Morgan fingerprint density at radius 1 is 1.40 bits per heavy atom. The van der Waals surface area contributed by atoms with Gasteiger partial charge in [-0.15, -0.1) is 11.3 Å². The Morgan fingerprint density at radius 3 is 2.80 bits per heavy atom. The van der Waals surface area contributed by atoms with E-state index in [0.717, 1.165) is 9.35 Å². The van der Waals surface area contributed by atoms with Crippen LogP contribution in [0.15, 0.2) is 40.2 Å². The summed E-state index contributed by atoms with van der Waals surface area (Å²) in [6.45, 7) is -2.63. The number of carbonyl (C=O) groups is 1. The van der Waals surface area contributed by atoms with Crippen molar-refractivity contribution in [2.45, 2.75) is 13.2 Å². The fraction of sp³-hybridized carbons (Fsp3) is 0.154. The number of hydrogen-bond acceptors (Lipinski definition) is 3. The minimum absolute atomic E-state index is 0.0865. The van der Waals surface area contributed by atoms with Gasteiger partial charge in [0.2, 0.25) is 0 Å². The van der Waals surface area contributed by atoms with Gasteiger partial charge in [-0.1, -0.05) is 12.1 Å². The van der Waals surface area contributed by atoms with Gasteiger partial charge in [0.15, 0.2) is 0 Å². The second-order valence-corrected chi connectivity index (χ2v) is 5.70. The maximum Gasteiger partial charge on any atom is 0.387 e. The lowest BCUT2D eigenvalue weighted by molar-refractivity contribution is -0.0501. The molecule has 0 radical (unpaired) electrons. The monoisotopic (exact) mass is 361 g/mol. The quantitative estimate of drug-likeness (QED) is 0.872. The highest BCUT2D eigenvalue weighted by Gasteiger charge is 2.15. The Bertz CT molecular complexity index is 604. The SMILES string of the molecule is O=C(NCc1cc(Br)cs1)c1ccccc1OC(F)F. The van der Waals surface area contributed by atoms with Gasteiger partial charge in [0.1, 0.15) is 5.75 Å². The molecule has 0 bridgehead atoms. The van der Waals surface area contributed by atoms with E-state index in [4.69, 9.17) is 0 Å². The minimum atomic E-state index is -2.96. The number of benzene rings is 1. The second kappa shape index (κ2) is 6.81. The van der Waals surface area contributed by atoms with E-state index in [2.05, 4.69) is 26.0 Å². The van der Waals surface area contributed by atoms with Gasteiger partial charge in [-0.05, 0) is 34.1 Å². The Balaban J connectivity index is 2.05. The molecule has 1 N–H and O–H groups in total. The van der Waals surface area contributed by atoms with E-state index in [1.807, 2.05) is 11.4 Å². The maximum absolute atomic E-state index is 12.3. The summed E-state index contributed by atoms with van der Waals surface area (Å²) < 4.78 is 29.8. The van der Waals surface area contributed by atoms with Crippen molar-refractivity contribution in [1.82, 2.24) is 5.32 Å². The van der Waals surface area contributed by atoms with Crippen LogP contribution in [0, 0.1) is 0 Å². The second-order valence-electron chi connectivity index (χ2n) is 3.79. The van der Waals surface area contributed by atoms with Gasteiger partial charge >= 0.3 is 6.61 Å². The smallest absolute Gasteiger partial charge is 0.387 e. The van der Waals surface area contributed by atoms with Crippen LogP contribution in [0.3, 0.4) is 0 Å². The standard InChI is InChI=1S/C13H10BrF2NO2S/c14-8-5-9(20-7-8)6-17-12(18)10-3-1-2-4-11(10)19-13(15)16/h1-5,7,13H,6H2,(H,17,18). The minimum Gasteiger partial charge on any atom is -0.434 e. The van der Waals surface area contributed by atoms with Crippen LogP contribution in [0.5, 0.6) is 5.75 Å². The number of nitrogens with one attached hydrogen (secondary N) is 1. The molecular weight excluding hydrogens is 352 g/mol. The van der Waals surface area contributed by atoms with E-state index in [-0.39, 0.29) is 11.3 Å². The first-order chi connectivity index (χ1) is 9.56. The predicted octanol–water partition coefficient (Wildman–Crippen LogP) is 4.04. The van der Waals surface area contributed by atoms with Crippen molar-refractivity contribution in [3.8, 4) is 5.75 Å². The summed E-state index contributed by atoms with van der Waals surface area (Å²) in [5.41, 5.74) is 0.0865. The van der Waals surface area contributed by atoms with Crippen LogP contribution >= 0.6 is 27.3 Å². The first-order valence-corrected chi connectivity index (χ1v) is 7.28. The molecule has 0 aliphatic heterocycles. The first kappa shape index (κ1) is 14.9. The molecule has 0 saturated carbocycles. The van der Waals surface area contributed by atoms with Crippen LogP contribution in [-0.4, -0.2) is 12.5 Å². The van der Waals surface area contributed by atoms with Crippen LogP contribution < -0.4 is 10.1 Å². The summed E-state index contributed by atoms with van der Waals surface area (Å²) in [5, 5.41) is 4.57. The molecule has 3 nitrogen and oxygen atoms in total. The summed E-state index contributed by atoms with van der Waals surface area (Å²) in [6.07, 6.45) is 0. The fourth-order valence-electron chi connectivity index (χ4n) is 1.56. The molecule has 106 valence electrons. The summed E-state index contributed by atoms with van der Waals surface area (Å²) in [4.78, 5) is 12.9. The summed E-state index contributed by atoms with van der Waals surface area (Å²) in [5.74, 6) is -0.585. The van der Waals surface area contributed by atoms with Gasteiger partial charge in [-0.3, -0.25) is 4.79 Å². The van der Waals surface area contributed by atoms with Crippen molar-refractivity contribution in [3.05, 3.63) is 50.6 Å². The van der Waals surface area contributed by atoms with Gasteiger partial charge in [0, 0.05) is 14.7 Å². The number of amides is 1. The zero-order valence-corrected chi connectivity index (χ0v) is 12.5. The van der Waals surface area contributed by atoms with Crippen molar-refractivity contribution in [2.75, 3.05) is 0 Å². The van der Waals surface area contributed by atoms with Crippen LogP contribution in [0.25, 0.3) is 0 Å².